The summed E-state index contributed by atoms with van der Waals surface area (Å²) in [5.74, 6) is -0.629. The van der Waals surface area contributed by atoms with E-state index in [0.29, 0.717) is 5.56 Å². The Morgan fingerprint density at radius 1 is 1.43 bits per heavy atom. The zero-order valence-electron chi connectivity index (χ0n) is 7.94. The van der Waals surface area contributed by atoms with Crippen LogP contribution in [0, 0.1) is 6.92 Å². The van der Waals surface area contributed by atoms with Crippen molar-refractivity contribution in [1.82, 2.24) is 0 Å². The van der Waals surface area contributed by atoms with E-state index >= 15 is 0 Å². The van der Waals surface area contributed by atoms with Crippen LogP contribution >= 0.6 is 0 Å². The number of carbonyl (C=O) groups is 1. The molecule has 0 spiro atoms. The van der Waals surface area contributed by atoms with Crippen LogP contribution in [0.2, 0.25) is 0 Å². The molecule has 1 aromatic carbocycles. The molecule has 0 saturated heterocycles. The van der Waals surface area contributed by atoms with Crippen LogP contribution in [0.3, 0.4) is 0 Å². The van der Waals surface area contributed by atoms with E-state index in [1.807, 2.05) is 0 Å². The molecule has 0 aliphatic heterocycles. The Morgan fingerprint density at radius 3 is 2.43 bits per heavy atom. The summed E-state index contributed by atoms with van der Waals surface area (Å²) in [6.45, 7) is 1.70. The van der Waals surface area contributed by atoms with Crippen LogP contribution in [0.1, 0.15) is 15.9 Å². The van der Waals surface area contributed by atoms with Crippen molar-refractivity contribution >= 4 is 17.0 Å². The van der Waals surface area contributed by atoms with E-state index in [0.717, 1.165) is 0 Å². The van der Waals surface area contributed by atoms with E-state index in [-0.39, 0.29) is 40.0 Å². The average Bonchev–Trinajstić information content (AvgIpc) is 2.03. The minimum absolute atomic E-state index is 0. The Balaban J connectivity index is 0.00000169. The van der Waals surface area contributed by atoms with Gasteiger partial charge in [0, 0.05) is 10.5 Å². The molecule has 6 heteroatoms. The van der Waals surface area contributed by atoms with Crippen molar-refractivity contribution < 1.29 is 43.1 Å². The number of aryl methyl sites for hydroxylation is 1. The summed E-state index contributed by atoms with van der Waals surface area (Å²) >= 11 is -2.32. The van der Waals surface area contributed by atoms with Gasteiger partial charge in [0.2, 0.25) is 5.91 Å². The third-order valence-electron chi connectivity index (χ3n) is 1.53. The molecule has 2 N–H and O–H groups in total. The van der Waals surface area contributed by atoms with Gasteiger partial charge < -0.3 is 10.3 Å². The molecule has 0 bridgehead atoms. The van der Waals surface area contributed by atoms with Crippen LogP contribution in [0.25, 0.3) is 0 Å². The molecule has 0 aliphatic rings. The molecule has 0 radical (unpaired) electrons. The first-order chi connectivity index (χ1) is 6.00. The maximum atomic E-state index is 10.7. The van der Waals surface area contributed by atoms with Gasteiger partial charge in [0.1, 0.15) is 0 Å². The van der Waals surface area contributed by atoms with Gasteiger partial charge in [-0.15, -0.1) is 0 Å². The average molecular weight is 221 g/mol. The second-order valence-electron chi connectivity index (χ2n) is 2.63. The molecule has 1 atom stereocenters. The largest absolute Gasteiger partial charge is 1.00 e. The van der Waals surface area contributed by atoms with E-state index in [9.17, 15) is 13.6 Å². The topological polar surface area (TPSA) is 83.2 Å². The molecule has 1 rings (SSSR count). The van der Waals surface area contributed by atoms with Crippen molar-refractivity contribution in [1.29, 1.82) is 0 Å². The van der Waals surface area contributed by atoms with Gasteiger partial charge in [0.05, 0.1) is 0 Å². The zero-order valence-corrected chi connectivity index (χ0v) is 10.8. The van der Waals surface area contributed by atoms with E-state index in [1.165, 1.54) is 12.1 Å². The molecule has 1 aromatic rings. The summed E-state index contributed by atoms with van der Waals surface area (Å²) < 4.78 is 21.2. The second kappa shape index (κ2) is 5.63. The van der Waals surface area contributed by atoms with Crippen molar-refractivity contribution in [3.63, 3.8) is 0 Å². The first-order valence-corrected chi connectivity index (χ1v) is 4.59. The van der Waals surface area contributed by atoms with Gasteiger partial charge in [-0.2, -0.15) is 0 Å². The van der Waals surface area contributed by atoms with Crippen molar-refractivity contribution in [3.8, 4) is 0 Å². The van der Waals surface area contributed by atoms with Crippen LogP contribution in [0.5, 0.6) is 0 Å². The van der Waals surface area contributed by atoms with E-state index < -0.39 is 17.0 Å². The maximum absolute atomic E-state index is 10.7. The molecule has 0 heterocycles. The van der Waals surface area contributed by atoms with Gasteiger partial charge >= 0.3 is 29.6 Å². The molecule has 14 heavy (non-hydrogen) atoms. The van der Waals surface area contributed by atoms with Crippen molar-refractivity contribution in [2.24, 2.45) is 5.73 Å². The summed E-state index contributed by atoms with van der Waals surface area (Å²) in [7, 11) is 0. The van der Waals surface area contributed by atoms with E-state index in [1.54, 1.807) is 13.0 Å². The first kappa shape index (κ1) is 13.8. The molecule has 0 saturated carbocycles. The normalized spacial score (nSPS) is 11.6. The number of nitrogens with two attached hydrogens (primary N) is 1. The van der Waals surface area contributed by atoms with Gasteiger partial charge in [0.25, 0.3) is 0 Å². The fraction of sp³-hybridized carbons (Fsp3) is 0.125. The standard InChI is InChI=1S/C8H9NO3S.Na/c1-5-2-6(8(9)10)4-7(3-5)13(11)12;/h2-4H,1H3,(H2,9,10)(H,11,12);/q;+1/p-1. The third kappa shape index (κ3) is 3.51. The number of carbonyl (C=O) groups excluding carboxylic acids is 1. The summed E-state index contributed by atoms with van der Waals surface area (Å²) in [6.07, 6.45) is 0. The van der Waals surface area contributed by atoms with E-state index in [4.69, 9.17) is 5.73 Å². The minimum atomic E-state index is -2.32. The van der Waals surface area contributed by atoms with E-state index in [2.05, 4.69) is 0 Å². The molecule has 1 unspecified atom stereocenters. The molecular formula is C8H8NNaO3S. The van der Waals surface area contributed by atoms with Crippen LogP contribution in [0.15, 0.2) is 23.1 Å². The molecule has 1 amide bonds. The summed E-state index contributed by atoms with van der Waals surface area (Å²) in [5, 5.41) is 0. The minimum Gasteiger partial charge on any atom is -0.768 e. The molecule has 0 aromatic heterocycles. The first-order valence-electron chi connectivity index (χ1n) is 3.51. The van der Waals surface area contributed by atoms with Crippen LogP contribution in [-0.4, -0.2) is 14.7 Å². The number of primary amides is 1. The molecule has 70 valence electrons. The predicted octanol–water partition coefficient (Wildman–Crippen LogP) is -2.66. The molecule has 4 nitrogen and oxygen atoms in total. The Hall–Kier alpha value is -0.200. The Morgan fingerprint density at radius 2 is 2.00 bits per heavy atom. The van der Waals surface area contributed by atoms with Gasteiger partial charge in [-0.25, -0.2) is 0 Å². The van der Waals surface area contributed by atoms with Gasteiger partial charge in [0.15, 0.2) is 0 Å². The predicted molar refractivity (Wildman–Crippen MR) is 46.9 cm³/mol. The molecule has 0 fully saturated rings. The number of hydrogen-bond donors (Lipinski definition) is 1. The van der Waals surface area contributed by atoms with Crippen LogP contribution in [0.4, 0.5) is 0 Å². The Bertz CT molecular complexity index is 349. The second-order valence-corrected chi connectivity index (χ2v) is 3.57. The van der Waals surface area contributed by atoms with Gasteiger partial charge in [-0.05, 0) is 41.8 Å². The number of benzene rings is 1. The van der Waals surface area contributed by atoms with Crippen LogP contribution < -0.4 is 35.3 Å². The maximum Gasteiger partial charge on any atom is 1.00 e. The number of amides is 1. The van der Waals surface area contributed by atoms with Crippen molar-refractivity contribution in [3.05, 3.63) is 29.3 Å². The summed E-state index contributed by atoms with van der Waals surface area (Å²) in [4.78, 5) is 10.8. The van der Waals surface area contributed by atoms with Crippen LogP contribution in [-0.2, 0) is 11.1 Å². The third-order valence-corrected chi connectivity index (χ3v) is 2.15. The smallest absolute Gasteiger partial charge is 0.768 e. The number of hydrogen-bond acceptors (Lipinski definition) is 3. The summed E-state index contributed by atoms with van der Waals surface area (Å²) in [6, 6.07) is 4.26. The fourth-order valence-corrected chi connectivity index (χ4v) is 1.49. The quantitative estimate of drug-likeness (QED) is 0.437. The fourth-order valence-electron chi connectivity index (χ4n) is 0.986. The summed E-state index contributed by atoms with van der Waals surface area (Å²) in [5.41, 5.74) is 5.91. The monoisotopic (exact) mass is 221 g/mol. The van der Waals surface area contributed by atoms with Gasteiger partial charge in [-0.3, -0.25) is 9.00 Å². The SMILES string of the molecule is Cc1cc(C(N)=O)cc(S(=O)[O-])c1.[Na+]. The number of rotatable bonds is 2. The molecular weight excluding hydrogens is 213 g/mol. The zero-order chi connectivity index (χ0) is 10.0. The Labute approximate surface area is 106 Å². The Kier molecular flexibility index (Phi) is 5.54. The van der Waals surface area contributed by atoms with Crippen molar-refractivity contribution in [2.45, 2.75) is 11.8 Å². The van der Waals surface area contributed by atoms with Gasteiger partial charge in [-0.1, -0.05) is 0 Å². The molecule has 0 aliphatic carbocycles. The van der Waals surface area contributed by atoms with Crippen molar-refractivity contribution in [2.75, 3.05) is 0 Å².